The highest BCUT2D eigenvalue weighted by molar-refractivity contribution is 14.1. The molecule has 0 fully saturated rings. The van der Waals surface area contributed by atoms with Gasteiger partial charge in [0.15, 0.2) is 18.1 Å². The van der Waals surface area contributed by atoms with E-state index in [0.717, 1.165) is 5.56 Å². The molecule has 0 saturated heterocycles. The van der Waals surface area contributed by atoms with Crippen LogP contribution in [0.3, 0.4) is 0 Å². The molecule has 0 aromatic heterocycles. The Balaban J connectivity index is 2.10. The zero-order valence-electron chi connectivity index (χ0n) is 21.8. The number of nitrogens with two attached hydrogens (primary N) is 1. The molecule has 2 aromatic carbocycles. The van der Waals surface area contributed by atoms with Crippen molar-refractivity contribution in [2.75, 3.05) is 19.8 Å². The number of amides is 3. The van der Waals surface area contributed by atoms with E-state index in [0.29, 0.717) is 27.2 Å². The van der Waals surface area contributed by atoms with Crippen molar-refractivity contribution in [2.24, 2.45) is 10.8 Å². The Kier molecular flexibility index (Phi) is 12.3. The minimum absolute atomic E-state index is 0.103. The van der Waals surface area contributed by atoms with Crippen LogP contribution >= 0.6 is 22.6 Å². The second-order valence-corrected chi connectivity index (χ2v) is 10.1. The van der Waals surface area contributed by atoms with Gasteiger partial charge >= 0.3 is 6.09 Å². The number of hydrogen-bond donors (Lipinski definition) is 3. The predicted molar refractivity (Wildman–Crippen MR) is 150 cm³/mol. The lowest BCUT2D eigenvalue weighted by Crippen LogP contribution is -2.49. The normalized spacial score (nSPS) is 12.0. The molecule has 206 valence electrons. The Hall–Kier alpha value is -3.39. The lowest BCUT2D eigenvalue weighted by Gasteiger charge is -2.22. The number of benzene rings is 2. The van der Waals surface area contributed by atoms with E-state index < -0.39 is 29.6 Å². The van der Waals surface area contributed by atoms with Crippen LogP contribution in [0, 0.1) is 3.57 Å². The summed E-state index contributed by atoms with van der Waals surface area (Å²) >= 11 is 2.03. The monoisotopic (exact) mass is 640 g/mol. The molecule has 0 aliphatic rings. The van der Waals surface area contributed by atoms with Crippen molar-refractivity contribution >= 4 is 46.7 Å². The summed E-state index contributed by atoms with van der Waals surface area (Å²) in [5.41, 5.74) is 8.37. The van der Waals surface area contributed by atoms with Gasteiger partial charge in [-0.15, -0.1) is 0 Å². The van der Waals surface area contributed by atoms with Crippen LogP contribution < -0.4 is 25.9 Å². The fourth-order valence-electron chi connectivity index (χ4n) is 2.96. The third-order valence-electron chi connectivity index (χ3n) is 4.48. The second-order valence-electron chi connectivity index (χ2n) is 8.95. The maximum atomic E-state index is 12.9. The number of primary amides is 1. The molecule has 0 spiro atoms. The molecule has 2 aromatic rings. The van der Waals surface area contributed by atoms with Crippen LogP contribution in [0.4, 0.5) is 4.79 Å². The van der Waals surface area contributed by atoms with Gasteiger partial charge in [-0.3, -0.25) is 9.59 Å². The van der Waals surface area contributed by atoms with E-state index in [1.54, 1.807) is 32.9 Å². The van der Waals surface area contributed by atoms with Crippen molar-refractivity contribution in [1.82, 2.24) is 10.7 Å². The summed E-state index contributed by atoms with van der Waals surface area (Å²) in [6.07, 6.45) is 0.655. The van der Waals surface area contributed by atoms with E-state index in [1.165, 1.54) is 6.21 Å². The van der Waals surface area contributed by atoms with Crippen molar-refractivity contribution in [1.29, 1.82) is 0 Å². The molecule has 11 nitrogen and oxygen atoms in total. The van der Waals surface area contributed by atoms with Crippen LogP contribution in [-0.4, -0.2) is 55.6 Å². The number of hydrazone groups is 1. The van der Waals surface area contributed by atoms with Crippen LogP contribution in [-0.2, 0) is 25.7 Å². The zero-order valence-corrected chi connectivity index (χ0v) is 23.9. The van der Waals surface area contributed by atoms with Crippen molar-refractivity contribution < 1.29 is 33.3 Å². The molecule has 38 heavy (non-hydrogen) atoms. The average molecular weight is 640 g/mol. The summed E-state index contributed by atoms with van der Waals surface area (Å²) in [6, 6.07) is 11.8. The highest BCUT2D eigenvalue weighted by atomic mass is 127. The smallest absolute Gasteiger partial charge is 0.408 e. The van der Waals surface area contributed by atoms with E-state index in [-0.39, 0.29) is 19.8 Å². The molecule has 0 aliphatic heterocycles. The molecule has 0 unspecified atom stereocenters. The van der Waals surface area contributed by atoms with Gasteiger partial charge in [0.1, 0.15) is 11.6 Å². The molecule has 0 bridgehead atoms. The number of nitrogens with one attached hydrogen (secondary N) is 2. The number of carbonyl (C=O) groups is 3. The largest absolute Gasteiger partial charge is 0.490 e. The first-order valence-electron chi connectivity index (χ1n) is 11.8. The van der Waals surface area contributed by atoms with E-state index in [2.05, 4.69) is 15.8 Å². The first kappa shape index (κ1) is 30.8. The maximum absolute atomic E-state index is 12.9. The molecular formula is C26H33IN4O7. The number of carbonyl (C=O) groups excluding carboxylic acids is 3. The number of alkyl carbamates (subject to hydrolysis) is 1. The first-order chi connectivity index (χ1) is 18.0. The molecular weight excluding hydrogens is 607 g/mol. The molecule has 3 amide bonds. The Bertz CT molecular complexity index is 1120. The fraction of sp³-hybridized carbons (Fsp3) is 0.385. The summed E-state index contributed by atoms with van der Waals surface area (Å²) < 4.78 is 22.7. The fourth-order valence-corrected chi connectivity index (χ4v) is 3.74. The lowest BCUT2D eigenvalue weighted by molar-refractivity contribution is -0.125. The summed E-state index contributed by atoms with van der Waals surface area (Å²) in [5, 5.41) is 6.54. The summed E-state index contributed by atoms with van der Waals surface area (Å²) in [5.74, 6) is -0.433. The van der Waals surface area contributed by atoms with Gasteiger partial charge in [0, 0.05) is 0 Å². The van der Waals surface area contributed by atoms with Gasteiger partial charge in [-0.25, -0.2) is 10.2 Å². The average Bonchev–Trinajstić information content (AvgIpc) is 2.82. The number of rotatable bonds is 13. The second kappa shape index (κ2) is 15.1. The molecule has 0 radical (unpaired) electrons. The summed E-state index contributed by atoms with van der Waals surface area (Å²) in [6.45, 7) is 7.20. The van der Waals surface area contributed by atoms with E-state index in [4.69, 9.17) is 24.7 Å². The van der Waals surface area contributed by atoms with Crippen LogP contribution in [0.5, 0.6) is 11.5 Å². The van der Waals surface area contributed by atoms with Crippen LogP contribution in [0.15, 0.2) is 47.6 Å². The molecule has 1 atom stereocenters. The summed E-state index contributed by atoms with van der Waals surface area (Å²) in [4.78, 5) is 36.3. The van der Waals surface area contributed by atoms with Gasteiger partial charge in [-0.1, -0.05) is 30.3 Å². The molecule has 12 heteroatoms. The van der Waals surface area contributed by atoms with Crippen LogP contribution in [0.1, 0.15) is 38.8 Å². The van der Waals surface area contributed by atoms with Gasteiger partial charge in [-0.2, -0.15) is 5.10 Å². The quantitative estimate of drug-likeness (QED) is 0.173. The zero-order chi connectivity index (χ0) is 28.1. The third-order valence-corrected chi connectivity index (χ3v) is 5.28. The van der Waals surface area contributed by atoms with E-state index in [1.807, 2.05) is 59.8 Å². The Labute approximate surface area is 235 Å². The topological polar surface area (TPSA) is 151 Å². The van der Waals surface area contributed by atoms with Crippen LogP contribution in [0.25, 0.3) is 0 Å². The highest BCUT2D eigenvalue weighted by Crippen LogP contribution is 2.33. The number of nitrogens with zero attached hydrogens (tertiary/aromatic N) is 1. The van der Waals surface area contributed by atoms with Crippen molar-refractivity contribution in [3.05, 3.63) is 57.2 Å². The van der Waals surface area contributed by atoms with Crippen molar-refractivity contribution in [3.8, 4) is 11.5 Å². The van der Waals surface area contributed by atoms with Gasteiger partial charge in [0.25, 0.3) is 11.8 Å². The Morgan fingerprint density at radius 3 is 2.47 bits per heavy atom. The Morgan fingerprint density at radius 2 is 1.84 bits per heavy atom. The van der Waals surface area contributed by atoms with Gasteiger partial charge in [0.05, 0.1) is 29.6 Å². The first-order valence-corrected chi connectivity index (χ1v) is 12.9. The SMILES string of the molecule is CCOc1cc(/C=N\NC(=O)[C@H](COCc2ccccc2)NC(=O)OC(C)(C)C)cc(I)c1OCC(N)=O. The molecule has 0 aliphatic carbocycles. The van der Waals surface area contributed by atoms with E-state index in [9.17, 15) is 14.4 Å². The molecule has 0 saturated carbocycles. The van der Waals surface area contributed by atoms with Crippen molar-refractivity contribution in [2.45, 2.75) is 45.9 Å². The maximum Gasteiger partial charge on any atom is 0.408 e. The molecule has 0 heterocycles. The standard InChI is InChI=1S/C26H33IN4O7/c1-5-36-21-12-18(11-19(27)23(21)37-16-22(28)32)13-29-31-24(33)20(30-25(34)38-26(2,3)4)15-35-14-17-9-7-6-8-10-17/h6-13,20H,5,14-16H2,1-4H3,(H2,28,32)(H,30,34)(H,31,33)/b29-13-/t20-/m0/s1. The third kappa shape index (κ3) is 11.3. The summed E-state index contributed by atoms with van der Waals surface area (Å²) in [7, 11) is 0. The molecule has 2 rings (SSSR count). The van der Waals surface area contributed by atoms with Gasteiger partial charge in [0.2, 0.25) is 0 Å². The van der Waals surface area contributed by atoms with E-state index >= 15 is 0 Å². The minimum atomic E-state index is -1.06. The van der Waals surface area contributed by atoms with Gasteiger partial charge < -0.3 is 30.0 Å². The minimum Gasteiger partial charge on any atom is -0.490 e. The number of halogens is 1. The number of ether oxygens (including phenoxy) is 4. The predicted octanol–water partition coefficient (Wildman–Crippen LogP) is 3.11. The number of hydrogen-bond acceptors (Lipinski definition) is 8. The highest BCUT2D eigenvalue weighted by Gasteiger charge is 2.24. The van der Waals surface area contributed by atoms with Crippen LogP contribution in [0.2, 0.25) is 0 Å². The van der Waals surface area contributed by atoms with Gasteiger partial charge in [-0.05, 0) is 73.5 Å². The molecule has 4 N–H and O–H groups in total. The lowest BCUT2D eigenvalue weighted by atomic mass is 10.2. The Morgan fingerprint density at radius 1 is 1.13 bits per heavy atom. The van der Waals surface area contributed by atoms with Crippen molar-refractivity contribution in [3.63, 3.8) is 0 Å².